The van der Waals surface area contributed by atoms with E-state index in [1.165, 1.54) is 24.3 Å². The Morgan fingerprint density at radius 1 is 1.07 bits per heavy atom. The van der Waals surface area contributed by atoms with Crippen LogP contribution >= 0.6 is 0 Å². The summed E-state index contributed by atoms with van der Waals surface area (Å²) in [6, 6.07) is 8.92. The van der Waals surface area contributed by atoms with Crippen LogP contribution in [0.1, 0.15) is 22.1 Å². The molecule has 1 aliphatic rings. The summed E-state index contributed by atoms with van der Waals surface area (Å²) < 4.78 is 50.1. The average molecular weight is 410 g/mol. The van der Waals surface area contributed by atoms with Crippen LogP contribution < -0.4 is 4.72 Å². The van der Waals surface area contributed by atoms with Gasteiger partial charge in [-0.05, 0) is 36.4 Å². The molecule has 2 atom stereocenters. The number of halogens is 2. The van der Waals surface area contributed by atoms with Crippen LogP contribution in [0.3, 0.4) is 0 Å². The van der Waals surface area contributed by atoms with E-state index >= 15 is 0 Å². The van der Waals surface area contributed by atoms with Gasteiger partial charge < -0.3 is 19.3 Å². The van der Waals surface area contributed by atoms with Gasteiger partial charge in [0.15, 0.2) is 0 Å². The fourth-order valence-corrected chi connectivity index (χ4v) is 3.39. The van der Waals surface area contributed by atoms with Gasteiger partial charge in [-0.2, -0.15) is 0 Å². The molecule has 3 rings (SSSR count). The number of benzene rings is 2. The summed E-state index contributed by atoms with van der Waals surface area (Å²) in [7, 11) is 0. The molecule has 1 heterocycles. The average Bonchev–Trinajstić information content (AvgIpc) is 2.66. The molecule has 2 aromatic carbocycles. The molecule has 0 spiro atoms. The molecule has 2 unspecified atom stereocenters. The Labute approximate surface area is 163 Å². The minimum absolute atomic E-state index is 0.121. The van der Waals surface area contributed by atoms with E-state index in [1.807, 2.05) is 0 Å². The zero-order valence-corrected chi connectivity index (χ0v) is 15.5. The van der Waals surface area contributed by atoms with Crippen molar-refractivity contribution in [3.05, 3.63) is 65.2 Å². The number of hydrogen-bond acceptors (Lipinski definition) is 5. The highest BCUT2D eigenvalue weighted by molar-refractivity contribution is 7.80. The molecule has 28 heavy (non-hydrogen) atoms. The molecule has 1 aliphatic heterocycles. The smallest absolute Gasteiger partial charge is 0.253 e. The van der Waals surface area contributed by atoms with E-state index in [0.29, 0.717) is 37.4 Å². The molecular formula is C18H18F2N3O4S-. The highest BCUT2D eigenvalue weighted by Crippen LogP contribution is 2.22. The molecule has 0 saturated carbocycles. The van der Waals surface area contributed by atoms with Crippen LogP contribution in [-0.2, 0) is 11.3 Å². The fourth-order valence-electron chi connectivity index (χ4n) is 3.06. The molecule has 7 nitrogen and oxygen atoms in total. The summed E-state index contributed by atoms with van der Waals surface area (Å²) in [6.07, 6.45) is -1.17. The van der Waals surface area contributed by atoms with Crippen LogP contribution in [0.5, 0.6) is 0 Å². The molecule has 2 aromatic rings. The van der Waals surface area contributed by atoms with Crippen molar-refractivity contribution in [2.45, 2.75) is 6.23 Å². The molecule has 1 amide bonds. The van der Waals surface area contributed by atoms with Crippen molar-refractivity contribution in [1.29, 1.82) is 0 Å². The van der Waals surface area contributed by atoms with Crippen molar-refractivity contribution in [1.82, 2.24) is 9.80 Å². The molecule has 10 heteroatoms. The van der Waals surface area contributed by atoms with Crippen LogP contribution in [0, 0.1) is 11.6 Å². The van der Waals surface area contributed by atoms with Gasteiger partial charge in [0.1, 0.15) is 17.9 Å². The Morgan fingerprint density at radius 3 is 2.18 bits per heavy atom. The summed E-state index contributed by atoms with van der Waals surface area (Å²) in [4.78, 5) is 15.8. The number of aliphatic hydroxyl groups excluding tert-OH is 1. The minimum atomic E-state index is -2.44. The van der Waals surface area contributed by atoms with E-state index < -0.39 is 29.1 Å². The van der Waals surface area contributed by atoms with Crippen LogP contribution in [0.2, 0.25) is 0 Å². The largest absolute Gasteiger partial charge is 0.755 e. The second kappa shape index (κ2) is 8.74. The van der Waals surface area contributed by atoms with E-state index in [2.05, 4.69) is 4.72 Å². The SMILES string of the molecule is O=C(c1ccc(NS(=O)[O-])cc1)N1CCN(C(O)c2cc(F)cc(F)c2)CC1. The molecule has 1 fully saturated rings. The quantitative estimate of drug-likeness (QED) is 0.731. The monoisotopic (exact) mass is 410 g/mol. The summed E-state index contributed by atoms with van der Waals surface area (Å²) in [5.74, 6) is -1.75. The topological polar surface area (TPSA) is 95.9 Å². The maximum Gasteiger partial charge on any atom is 0.253 e. The molecular weight excluding hydrogens is 392 g/mol. The number of carbonyl (C=O) groups excluding carboxylic acids is 1. The zero-order valence-electron chi connectivity index (χ0n) is 14.7. The number of hydrogen-bond donors (Lipinski definition) is 2. The third kappa shape index (κ3) is 4.90. The van der Waals surface area contributed by atoms with Crippen molar-refractivity contribution >= 4 is 22.9 Å². The van der Waals surface area contributed by atoms with E-state index in [4.69, 9.17) is 0 Å². The maximum absolute atomic E-state index is 13.3. The third-order valence-corrected chi connectivity index (χ3v) is 4.87. The fraction of sp³-hybridized carbons (Fsp3) is 0.278. The van der Waals surface area contributed by atoms with Crippen molar-refractivity contribution in [2.24, 2.45) is 0 Å². The lowest BCUT2D eigenvalue weighted by Gasteiger charge is -2.37. The van der Waals surface area contributed by atoms with Gasteiger partial charge in [0, 0.05) is 60.3 Å². The van der Waals surface area contributed by atoms with E-state index in [-0.39, 0.29) is 11.5 Å². The minimum Gasteiger partial charge on any atom is -0.755 e. The van der Waals surface area contributed by atoms with Crippen molar-refractivity contribution in [2.75, 3.05) is 30.9 Å². The van der Waals surface area contributed by atoms with Crippen molar-refractivity contribution in [3.8, 4) is 0 Å². The molecule has 150 valence electrons. The number of anilines is 1. The van der Waals surface area contributed by atoms with E-state index in [9.17, 15) is 27.4 Å². The van der Waals surface area contributed by atoms with Gasteiger partial charge in [0.25, 0.3) is 5.91 Å². The van der Waals surface area contributed by atoms with Crippen LogP contribution in [-0.4, -0.2) is 55.8 Å². The van der Waals surface area contributed by atoms with E-state index in [1.54, 1.807) is 9.80 Å². The lowest BCUT2D eigenvalue weighted by Crippen LogP contribution is -2.49. The summed E-state index contributed by atoms with van der Waals surface area (Å²) in [5.41, 5.74) is 0.875. The summed E-state index contributed by atoms with van der Waals surface area (Å²) >= 11 is -2.44. The van der Waals surface area contributed by atoms with Crippen molar-refractivity contribution < 1.29 is 27.4 Å². The standard InChI is InChI=1S/C18H19F2N3O4S/c19-14-9-13(10-15(20)11-14)18(25)23-7-5-22(6-8-23)17(24)12-1-3-16(4-2-12)21-28(26)27/h1-4,9-11,18,21,25H,5-8H2,(H,26,27)/p-1. The second-order valence-electron chi connectivity index (χ2n) is 6.32. The second-order valence-corrected chi connectivity index (χ2v) is 6.99. The number of carbonyl (C=O) groups is 1. The lowest BCUT2D eigenvalue weighted by molar-refractivity contribution is -0.0243. The maximum atomic E-state index is 13.3. The molecule has 0 radical (unpaired) electrons. The van der Waals surface area contributed by atoms with Gasteiger partial charge in [0.2, 0.25) is 0 Å². The highest BCUT2D eigenvalue weighted by Gasteiger charge is 2.27. The Bertz CT molecular complexity index is 853. The number of nitrogens with one attached hydrogen (secondary N) is 1. The number of piperazine rings is 1. The van der Waals surface area contributed by atoms with E-state index in [0.717, 1.165) is 18.2 Å². The normalized spacial score (nSPS) is 17.2. The number of aliphatic hydroxyl groups is 1. The molecule has 0 aromatic heterocycles. The predicted octanol–water partition coefficient (Wildman–Crippen LogP) is 1.62. The van der Waals surface area contributed by atoms with Crippen LogP contribution in [0.4, 0.5) is 14.5 Å². The van der Waals surface area contributed by atoms with Gasteiger partial charge in [-0.15, -0.1) is 0 Å². The Hall–Kier alpha value is -2.40. The first-order valence-electron chi connectivity index (χ1n) is 8.47. The number of amides is 1. The van der Waals surface area contributed by atoms with Crippen LogP contribution in [0.15, 0.2) is 42.5 Å². The summed E-state index contributed by atoms with van der Waals surface area (Å²) in [6.45, 7) is 1.33. The number of nitrogens with zero attached hydrogens (tertiary/aromatic N) is 2. The Balaban J connectivity index is 1.60. The predicted molar refractivity (Wildman–Crippen MR) is 97.8 cm³/mol. The first-order valence-corrected chi connectivity index (χ1v) is 9.54. The highest BCUT2D eigenvalue weighted by atomic mass is 32.2. The van der Waals surface area contributed by atoms with Gasteiger partial charge in [0.05, 0.1) is 0 Å². The van der Waals surface area contributed by atoms with Crippen LogP contribution in [0.25, 0.3) is 0 Å². The zero-order chi connectivity index (χ0) is 20.3. The Kier molecular flexibility index (Phi) is 6.35. The molecule has 1 saturated heterocycles. The molecule has 2 N–H and O–H groups in total. The van der Waals surface area contributed by atoms with Crippen molar-refractivity contribution in [3.63, 3.8) is 0 Å². The van der Waals surface area contributed by atoms with Gasteiger partial charge in [-0.25, -0.2) is 8.78 Å². The lowest BCUT2D eigenvalue weighted by atomic mass is 10.1. The third-order valence-electron chi connectivity index (χ3n) is 4.46. The molecule has 0 bridgehead atoms. The Morgan fingerprint density at radius 2 is 1.64 bits per heavy atom. The van der Waals surface area contributed by atoms with Gasteiger partial charge in [-0.1, -0.05) is 0 Å². The number of rotatable bonds is 5. The van der Waals surface area contributed by atoms with Gasteiger partial charge >= 0.3 is 0 Å². The van der Waals surface area contributed by atoms with Gasteiger partial charge in [-0.3, -0.25) is 13.9 Å². The summed E-state index contributed by atoms with van der Waals surface area (Å²) in [5, 5.41) is 10.4. The first kappa shape index (κ1) is 20.3. The molecule has 0 aliphatic carbocycles. The first-order chi connectivity index (χ1) is 13.3.